The summed E-state index contributed by atoms with van der Waals surface area (Å²) in [6.07, 6.45) is 3.09. The van der Waals surface area contributed by atoms with E-state index in [0.29, 0.717) is 18.7 Å². The third kappa shape index (κ3) is 2.52. The van der Waals surface area contributed by atoms with E-state index in [1.165, 1.54) is 4.90 Å². The lowest BCUT2D eigenvalue weighted by Gasteiger charge is -2.22. The number of rotatable bonds is 2. The standard InChI is InChI=1S/C15H16N4O2/c16-14(20)12-7-3-9-19(12)15(21)18-11-6-1-4-10-5-2-8-17-13(10)11/h1-2,4-6,8,12H,3,7,9H2,(H2,16,20)(H,18,21). The van der Waals surface area contributed by atoms with E-state index < -0.39 is 11.9 Å². The Labute approximate surface area is 121 Å². The quantitative estimate of drug-likeness (QED) is 0.880. The summed E-state index contributed by atoms with van der Waals surface area (Å²) in [4.78, 5) is 29.5. The van der Waals surface area contributed by atoms with Crippen molar-refractivity contribution in [3.05, 3.63) is 36.5 Å². The average Bonchev–Trinajstić information content (AvgIpc) is 2.97. The first kappa shape index (κ1) is 13.4. The summed E-state index contributed by atoms with van der Waals surface area (Å²) >= 11 is 0. The van der Waals surface area contributed by atoms with Crippen LogP contribution in [0.2, 0.25) is 0 Å². The smallest absolute Gasteiger partial charge is 0.322 e. The van der Waals surface area contributed by atoms with Gasteiger partial charge in [0.15, 0.2) is 0 Å². The molecule has 1 aromatic carbocycles. The third-order valence-electron chi connectivity index (χ3n) is 3.72. The monoisotopic (exact) mass is 284 g/mol. The Hall–Kier alpha value is -2.63. The minimum atomic E-state index is -0.520. The van der Waals surface area contributed by atoms with E-state index in [1.807, 2.05) is 24.3 Å². The van der Waals surface area contributed by atoms with Crippen molar-refractivity contribution < 1.29 is 9.59 Å². The largest absolute Gasteiger partial charge is 0.368 e. The van der Waals surface area contributed by atoms with Crippen molar-refractivity contribution in [2.24, 2.45) is 5.73 Å². The number of benzene rings is 1. The molecule has 21 heavy (non-hydrogen) atoms. The van der Waals surface area contributed by atoms with Gasteiger partial charge >= 0.3 is 6.03 Å². The molecule has 0 aliphatic carbocycles. The summed E-state index contributed by atoms with van der Waals surface area (Å²) in [5.41, 5.74) is 6.69. The molecule has 0 saturated carbocycles. The third-order valence-corrected chi connectivity index (χ3v) is 3.72. The number of pyridine rings is 1. The van der Waals surface area contributed by atoms with E-state index in [2.05, 4.69) is 10.3 Å². The first-order valence-corrected chi connectivity index (χ1v) is 6.87. The predicted molar refractivity (Wildman–Crippen MR) is 79.7 cm³/mol. The number of primary amides is 1. The molecule has 108 valence electrons. The molecule has 2 heterocycles. The highest BCUT2D eigenvalue weighted by Crippen LogP contribution is 2.23. The highest BCUT2D eigenvalue weighted by atomic mass is 16.2. The zero-order chi connectivity index (χ0) is 14.8. The fourth-order valence-corrected chi connectivity index (χ4v) is 2.70. The lowest BCUT2D eigenvalue weighted by atomic mass is 10.2. The van der Waals surface area contributed by atoms with E-state index >= 15 is 0 Å². The SMILES string of the molecule is NC(=O)C1CCCN1C(=O)Nc1cccc2cccnc12. The van der Waals surface area contributed by atoms with Gasteiger partial charge in [-0.25, -0.2) is 4.79 Å². The molecule has 1 atom stereocenters. The number of para-hydroxylation sites is 1. The number of nitrogens with two attached hydrogens (primary N) is 1. The second-order valence-corrected chi connectivity index (χ2v) is 5.06. The molecule has 1 unspecified atom stereocenters. The molecule has 3 rings (SSSR count). The fourth-order valence-electron chi connectivity index (χ4n) is 2.70. The zero-order valence-electron chi connectivity index (χ0n) is 11.5. The van der Waals surface area contributed by atoms with Crippen molar-refractivity contribution in [2.45, 2.75) is 18.9 Å². The Bertz CT molecular complexity index is 696. The van der Waals surface area contributed by atoms with Crippen LogP contribution in [0, 0.1) is 0 Å². The number of likely N-dealkylation sites (tertiary alicyclic amines) is 1. The number of carbonyl (C=O) groups is 2. The molecule has 3 N–H and O–H groups in total. The summed E-state index contributed by atoms with van der Waals surface area (Å²) in [5.74, 6) is -0.460. The van der Waals surface area contributed by atoms with Crippen LogP contribution < -0.4 is 11.1 Å². The topological polar surface area (TPSA) is 88.3 Å². The minimum absolute atomic E-state index is 0.311. The Morgan fingerprint density at radius 2 is 2.10 bits per heavy atom. The number of hydrogen-bond donors (Lipinski definition) is 2. The molecule has 3 amide bonds. The Kier molecular flexibility index (Phi) is 3.43. The molecule has 0 radical (unpaired) electrons. The van der Waals surface area contributed by atoms with Gasteiger partial charge in [-0.2, -0.15) is 0 Å². The molecule has 1 fully saturated rings. The van der Waals surface area contributed by atoms with Crippen molar-refractivity contribution in [3.8, 4) is 0 Å². The number of nitrogens with zero attached hydrogens (tertiary/aromatic N) is 2. The van der Waals surface area contributed by atoms with E-state index in [0.717, 1.165) is 17.3 Å². The Morgan fingerprint density at radius 1 is 1.29 bits per heavy atom. The maximum absolute atomic E-state index is 12.4. The molecule has 1 aromatic heterocycles. The molecular formula is C15H16N4O2. The molecule has 6 heteroatoms. The normalized spacial score (nSPS) is 17.9. The van der Waals surface area contributed by atoms with Crippen LogP contribution >= 0.6 is 0 Å². The molecule has 1 aliphatic heterocycles. The minimum Gasteiger partial charge on any atom is -0.368 e. The maximum Gasteiger partial charge on any atom is 0.322 e. The van der Waals surface area contributed by atoms with Gasteiger partial charge in [-0.1, -0.05) is 18.2 Å². The van der Waals surface area contributed by atoms with Crippen LogP contribution in [0.4, 0.5) is 10.5 Å². The number of aromatic nitrogens is 1. The van der Waals surface area contributed by atoms with Crippen molar-refractivity contribution in [1.29, 1.82) is 0 Å². The molecule has 0 bridgehead atoms. The molecule has 2 aromatic rings. The number of amides is 3. The summed E-state index contributed by atoms with van der Waals surface area (Å²) < 4.78 is 0. The van der Waals surface area contributed by atoms with Crippen molar-refractivity contribution in [3.63, 3.8) is 0 Å². The lowest BCUT2D eigenvalue weighted by Crippen LogP contribution is -2.45. The summed E-state index contributed by atoms with van der Waals surface area (Å²) in [7, 11) is 0. The van der Waals surface area contributed by atoms with E-state index in [9.17, 15) is 9.59 Å². The van der Waals surface area contributed by atoms with Crippen molar-refractivity contribution in [1.82, 2.24) is 9.88 Å². The molecule has 0 spiro atoms. The fraction of sp³-hybridized carbons (Fsp3) is 0.267. The van der Waals surface area contributed by atoms with Crippen LogP contribution in [0.5, 0.6) is 0 Å². The Balaban J connectivity index is 1.85. The number of hydrogen-bond acceptors (Lipinski definition) is 3. The molecule has 6 nitrogen and oxygen atoms in total. The molecule has 1 aliphatic rings. The number of fused-ring (bicyclic) bond motifs is 1. The van der Waals surface area contributed by atoms with Crippen LogP contribution in [0.3, 0.4) is 0 Å². The number of anilines is 1. The summed E-state index contributed by atoms with van der Waals surface area (Å²) in [6.45, 7) is 0.539. The number of carbonyl (C=O) groups excluding carboxylic acids is 2. The van der Waals surface area contributed by atoms with Gasteiger partial charge in [-0.05, 0) is 25.0 Å². The second kappa shape index (κ2) is 5.40. The molecule has 1 saturated heterocycles. The van der Waals surface area contributed by atoms with Crippen molar-refractivity contribution in [2.75, 3.05) is 11.9 Å². The van der Waals surface area contributed by atoms with E-state index in [4.69, 9.17) is 5.73 Å². The average molecular weight is 284 g/mol. The van der Waals surface area contributed by atoms with Gasteiger partial charge in [0.2, 0.25) is 5.91 Å². The highest BCUT2D eigenvalue weighted by Gasteiger charge is 2.32. The maximum atomic E-state index is 12.4. The van der Waals surface area contributed by atoms with Crippen LogP contribution in [-0.2, 0) is 4.79 Å². The van der Waals surface area contributed by atoms with Gasteiger partial charge in [-0.15, -0.1) is 0 Å². The van der Waals surface area contributed by atoms with Crippen LogP contribution in [-0.4, -0.2) is 34.4 Å². The van der Waals surface area contributed by atoms with E-state index in [1.54, 1.807) is 12.3 Å². The highest BCUT2D eigenvalue weighted by molar-refractivity contribution is 6.00. The number of nitrogens with one attached hydrogen (secondary N) is 1. The van der Waals surface area contributed by atoms with Gasteiger partial charge in [0.1, 0.15) is 6.04 Å². The van der Waals surface area contributed by atoms with Crippen LogP contribution in [0.15, 0.2) is 36.5 Å². The van der Waals surface area contributed by atoms with Crippen LogP contribution in [0.25, 0.3) is 10.9 Å². The lowest BCUT2D eigenvalue weighted by molar-refractivity contribution is -0.121. The van der Waals surface area contributed by atoms with Gasteiger partial charge in [0.25, 0.3) is 0 Å². The Morgan fingerprint density at radius 3 is 2.90 bits per heavy atom. The van der Waals surface area contributed by atoms with Gasteiger partial charge < -0.3 is 16.0 Å². The molecular weight excluding hydrogens is 268 g/mol. The predicted octanol–water partition coefficient (Wildman–Crippen LogP) is 1.72. The van der Waals surface area contributed by atoms with Gasteiger partial charge in [0.05, 0.1) is 11.2 Å². The van der Waals surface area contributed by atoms with Gasteiger partial charge in [-0.3, -0.25) is 9.78 Å². The number of urea groups is 1. The first-order chi connectivity index (χ1) is 10.2. The van der Waals surface area contributed by atoms with Crippen LogP contribution in [0.1, 0.15) is 12.8 Å². The second-order valence-electron chi connectivity index (χ2n) is 5.06. The zero-order valence-corrected chi connectivity index (χ0v) is 11.5. The van der Waals surface area contributed by atoms with Crippen molar-refractivity contribution >= 4 is 28.5 Å². The first-order valence-electron chi connectivity index (χ1n) is 6.87. The summed E-state index contributed by atoms with van der Waals surface area (Å²) in [5, 5.41) is 3.78. The summed E-state index contributed by atoms with van der Waals surface area (Å²) in [6, 6.07) is 8.53. The van der Waals surface area contributed by atoms with E-state index in [-0.39, 0.29) is 6.03 Å². The van der Waals surface area contributed by atoms with Gasteiger partial charge in [0, 0.05) is 18.1 Å².